The summed E-state index contributed by atoms with van der Waals surface area (Å²) in [5.74, 6) is 1.04. The van der Waals surface area contributed by atoms with Crippen molar-refractivity contribution >= 4 is 11.0 Å². The summed E-state index contributed by atoms with van der Waals surface area (Å²) in [4.78, 5) is 10.7. The highest BCUT2D eigenvalue weighted by Gasteiger charge is 2.22. The second-order valence-corrected chi connectivity index (χ2v) is 6.27. The van der Waals surface area contributed by atoms with Gasteiger partial charge in [0.05, 0.1) is 17.6 Å². The maximum absolute atomic E-state index is 9.23. The first kappa shape index (κ1) is 14.5. The SMILES string of the molecule is Cc1cc2nc(CN3CCCCC3CCO)[nH]c2cc1C. The second kappa shape index (κ2) is 6.16. The van der Waals surface area contributed by atoms with Gasteiger partial charge in [0.1, 0.15) is 5.82 Å². The van der Waals surface area contributed by atoms with Crippen molar-refractivity contribution in [3.05, 3.63) is 29.1 Å². The van der Waals surface area contributed by atoms with E-state index >= 15 is 0 Å². The van der Waals surface area contributed by atoms with Gasteiger partial charge in [-0.15, -0.1) is 0 Å². The van der Waals surface area contributed by atoms with Gasteiger partial charge in [0.2, 0.25) is 0 Å². The molecule has 0 amide bonds. The van der Waals surface area contributed by atoms with Gasteiger partial charge in [-0.2, -0.15) is 0 Å². The number of fused-ring (bicyclic) bond motifs is 1. The highest BCUT2D eigenvalue weighted by Crippen LogP contribution is 2.23. The number of piperidine rings is 1. The molecule has 4 heteroatoms. The zero-order chi connectivity index (χ0) is 14.8. The summed E-state index contributed by atoms with van der Waals surface area (Å²) < 4.78 is 0. The van der Waals surface area contributed by atoms with Crippen LogP contribution in [0.2, 0.25) is 0 Å². The van der Waals surface area contributed by atoms with Gasteiger partial charge >= 0.3 is 0 Å². The molecule has 0 saturated carbocycles. The number of aromatic amines is 1. The van der Waals surface area contributed by atoms with Crippen LogP contribution in [-0.4, -0.2) is 39.2 Å². The van der Waals surface area contributed by atoms with E-state index in [1.54, 1.807) is 0 Å². The van der Waals surface area contributed by atoms with Crippen molar-refractivity contribution in [1.82, 2.24) is 14.9 Å². The number of hydrogen-bond acceptors (Lipinski definition) is 3. The molecular weight excluding hydrogens is 262 g/mol. The van der Waals surface area contributed by atoms with Crippen LogP contribution in [0.1, 0.15) is 42.6 Å². The molecule has 1 fully saturated rings. The first-order valence-corrected chi connectivity index (χ1v) is 7.98. The summed E-state index contributed by atoms with van der Waals surface area (Å²) >= 11 is 0. The fourth-order valence-corrected chi connectivity index (χ4v) is 3.33. The van der Waals surface area contributed by atoms with E-state index in [9.17, 15) is 5.11 Å². The number of aliphatic hydroxyl groups excluding tert-OH is 1. The van der Waals surface area contributed by atoms with E-state index in [-0.39, 0.29) is 6.61 Å². The molecule has 1 aromatic heterocycles. The van der Waals surface area contributed by atoms with Crippen molar-refractivity contribution in [3.8, 4) is 0 Å². The van der Waals surface area contributed by atoms with E-state index in [2.05, 4.69) is 35.9 Å². The number of likely N-dealkylation sites (tertiary alicyclic amines) is 1. The molecule has 1 saturated heterocycles. The van der Waals surface area contributed by atoms with E-state index in [0.29, 0.717) is 6.04 Å². The minimum atomic E-state index is 0.277. The van der Waals surface area contributed by atoms with Crippen molar-refractivity contribution in [2.45, 2.75) is 52.1 Å². The van der Waals surface area contributed by atoms with Crippen LogP contribution in [0, 0.1) is 13.8 Å². The van der Waals surface area contributed by atoms with Crippen molar-refractivity contribution < 1.29 is 5.11 Å². The van der Waals surface area contributed by atoms with E-state index in [1.165, 1.54) is 30.4 Å². The summed E-state index contributed by atoms with van der Waals surface area (Å²) in [6.45, 7) is 6.51. The number of imidazole rings is 1. The van der Waals surface area contributed by atoms with Crippen LogP contribution in [-0.2, 0) is 6.54 Å². The molecule has 114 valence electrons. The largest absolute Gasteiger partial charge is 0.396 e. The first-order chi connectivity index (χ1) is 10.2. The molecule has 4 nitrogen and oxygen atoms in total. The summed E-state index contributed by atoms with van der Waals surface area (Å²) in [5.41, 5.74) is 4.78. The van der Waals surface area contributed by atoms with Crippen LogP contribution in [0.4, 0.5) is 0 Å². The van der Waals surface area contributed by atoms with Crippen LogP contribution in [0.5, 0.6) is 0 Å². The van der Waals surface area contributed by atoms with Crippen molar-refractivity contribution in [2.24, 2.45) is 0 Å². The van der Waals surface area contributed by atoms with Gasteiger partial charge < -0.3 is 10.1 Å². The maximum Gasteiger partial charge on any atom is 0.121 e. The molecule has 21 heavy (non-hydrogen) atoms. The molecule has 1 aromatic carbocycles. The lowest BCUT2D eigenvalue weighted by Crippen LogP contribution is -2.39. The van der Waals surface area contributed by atoms with Gasteiger partial charge in [0.15, 0.2) is 0 Å². The third-order valence-electron chi connectivity index (χ3n) is 4.71. The van der Waals surface area contributed by atoms with Crippen LogP contribution < -0.4 is 0 Å². The number of aryl methyl sites for hydroxylation is 2. The number of aromatic nitrogens is 2. The highest BCUT2D eigenvalue weighted by atomic mass is 16.3. The van der Waals surface area contributed by atoms with Crippen molar-refractivity contribution in [2.75, 3.05) is 13.2 Å². The van der Waals surface area contributed by atoms with E-state index in [0.717, 1.165) is 36.4 Å². The van der Waals surface area contributed by atoms with Crippen LogP contribution in [0.3, 0.4) is 0 Å². The summed E-state index contributed by atoms with van der Waals surface area (Å²) in [6, 6.07) is 4.84. The zero-order valence-electron chi connectivity index (χ0n) is 13.0. The molecule has 2 aromatic rings. The lowest BCUT2D eigenvalue weighted by atomic mass is 10.00. The average Bonchev–Trinajstić information content (AvgIpc) is 2.83. The lowest BCUT2D eigenvalue weighted by molar-refractivity contribution is 0.110. The molecule has 1 atom stereocenters. The molecule has 3 rings (SSSR count). The van der Waals surface area contributed by atoms with Crippen molar-refractivity contribution in [1.29, 1.82) is 0 Å². The topological polar surface area (TPSA) is 52.1 Å². The molecule has 0 spiro atoms. The monoisotopic (exact) mass is 287 g/mol. The summed E-state index contributed by atoms with van der Waals surface area (Å²) in [6.07, 6.45) is 4.59. The number of hydrogen-bond donors (Lipinski definition) is 2. The number of nitrogens with zero attached hydrogens (tertiary/aromatic N) is 2. The zero-order valence-corrected chi connectivity index (χ0v) is 13.0. The predicted molar refractivity (Wildman–Crippen MR) is 85.3 cm³/mol. The highest BCUT2D eigenvalue weighted by molar-refractivity contribution is 5.77. The smallest absolute Gasteiger partial charge is 0.121 e. The number of nitrogens with one attached hydrogen (secondary N) is 1. The van der Waals surface area contributed by atoms with E-state index < -0.39 is 0 Å². The second-order valence-electron chi connectivity index (χ2n) is 6.27. The van der Waals surface area contributed by atoms with E-state index in [1.807, 2.05) is 0 Å². The number of aliphatic hydroxyl groups is 1. The molecule has 2 N–H and O–H groups in total. The third-order valence-corrected chi connectivity index (χ3v) is 4.71. The Morgan fingerprint density at radius 2 is 2.10 bits per heavy atom. The average molecular weight is 287 g/mol. The Bertz CT molecular complexity index is 579. The predicted octanol–water partition coefficient (Wildman–Crippen LogP) is 2.92. The Kier molecular flexibility index (Phi) is 4.27. The quantitative estimate of drug-likeness (QED) is 0.909. The van der Waals surface area contributed by atoms with Gasteiger partial charge in [-0.3, -0.25) is 4.90 Å². The number of rotatable bonds is 4. The summed E-state index contributed by atoms with van der Waals surface area (Å²) in [5, 5.41) is 9.23. The Labute approximate surface area is 126 Å². The molecule has 1 unspecified atom stereocenters. The van der Waals surface area contributed by atoms with Gasteiger partial charge in [-0.25, -0.2) is 4.98 Å². The molecule has 0 bridgehead atoms. The Balaban J connectivity index is 1.80. The molecule has 0 aliphatic carbocycles. The third kappa shape index (κ3) is 3.11. The first-order valence-electron chi connectivity index (χ1n) is 7.98. The molecule has 2 heterocycles. The molecule has 1 aliphatic rings. The van der Waals surface area contributed by atoms with Gasteiger partial charge in [-0.05, 0) is 62.9 Å². The Morgan fingerprint density at radius 1 is 1.29 bits per heavy atom. The fraction of sp³-hybridized carbons (Fsp3) is 0.588. The lowest BCUT2D eigenvalue weighted by Gasteiger charge is -2.34. The minimum Gasteiger partial charge on any atom is -0.396 e. The fourth-order valence-electron chi connectivity index (χ4n) is 3.33. The summed E-state index contributed by atoms with van der Waals surface area (Å²) in [7, 11) is 0. The van der Waals surface area contributed by atoms with E-state index in [4.69, 9.17) is 4.98 Å². The maximum atomic E-state index is 9.23. The number of H-pyrrole nitrogens is 1. The normalized spacial score (nSPS) is 20.2. The van der Waals surface area contributed by atoms with Gasteiger partial charge in [-0.1, -0.05) is 6.42 Å². The van der Waals surface area contributed by atoms with Gasteiger partial charge in [0.25, 0.3) is 0 Å². The molecule has 1 aliphatic heterocycles. The minimum absolute atomic E-state index is 0.277. The molecular formula is C17H25N3O. The van der Waals surface area contributed by atoms with Crippen LogP contribution >= 0.6 is 0 Å². The Hall–Kier alpha value is -1.39. The van der Waals surface area contributed by atoms with Crippen LogP contribution in [0.15, 0.2) is 12.1 Å². The van der Waals surface area contributed by atoms with Gasteiger partial charge in [0, 0.05) is 12.6 Å². The molecule has 0 radical (unpaired) electrons. The van der Waals surface area contributed by atoms with Crippen molar-refractivity contribution in [3.63, 3.8) is 0 Å². The standard InChI is InChI=1S/C17H25N3O/c1-12-9-15-16(10-13(12)2)19-17(18-15)11-20-7-4-3-5-14(20)6-8-21/h9-10,14,21H,3-8,11H2,1-2H3,(H,18,19). The van der Waals surface area contributed by atoms with Crippen LogP contribution in [0.25, 0.3) is 11.0 Å². The Morgan fingerprint density at radius 3 is 2.90 bits per heavy atom. The number of benzene rings is 1.